The van der Waals surface area contributed by atoms with Gasteiger partial charge in [0, 0.05) is 17.8 Å². The number of nitrogens with one attached hydrogen (secondary N) is 1. The highest BCUT2D eigenvalue weighted by Gasteiger charge is 2.30. The van der Waals surface area contributed by atoms with Crippen LogP contribution in [-0.4, -0.2) is 31.8 Å². The summed E-state index contributed by atoms with van der Waals surface area (Å²) in [5, 5.41) is 6.98. The van der Waals surface area contributed by atoms with Crippen molar-refractivity contribution in [2.45, 2.75) is 19.1 Å². The molecule has 3 aromatic heterocycles. The molecule has 7 nitrogen and oxygen atoms in total. The SMILES string of the molecule is Cl.NC(=O)Cc1cnccc1-c1ccc2c3[nH]ncc3c(=O)n(CC(F)(F)F)c2c1. The highest BCUT2D eigenvalue weighted by Crippen LogP contribution is 2.30. The predicted octanol–water partition coefficient (Wildman–Crippen LogP) is 2.95. The highest BCUT2D eigenvalue weighted by atomic mass is 35.5. The lowest BCUT2D eigenvalue weighted by Crippen LogP contribution is -2.28. The van der Waals surface area contributed by atoms with Crippen molar-refractivity contribution in [3.05, 3.63) is 58.8 Å². The van der Waals surface area contributed by atoms with Gasteiger partial charge in [0.25, 0.3) is 5.56 Å². The van der Waals surface area contributed by atoms with E-state index in [1.165, 1.54) is 24.7 Å². The lowest BCUT2D eigenvalue weighted by atomic mass is 9.98. The second kappa shape index (κ2) is 7.79. The normalized spacial score (nSPS) is 11.6. The first-order chi connectivity index (χ1) is 13.7. The number of primary amides is 1. The Hall–Kier alpha value is -3.40. The molecule has 156 valence electrons. The smallest absolute Gasteiger partial charge is 0.369 e. The van der Waals surface area contributed by atoms with Gasteiger partial charge in [0.15, 0.2) is 0 Å². The van der Waals surface area contributed by atoms with Crippen molar-refractivity contribution >= 4 is 40.1 Å². The van der Waals surface area contributed by atoms with Gasteiger partial charge in [0.05, 0.1) is 29.0 Å². The lowest BCUT2D eigenvalue weighted by molar-refractivity contribution is -0.140. The number of hydrogen-bond donors (Lipinski definition) is 2. The number of nitrogens with two attached hydrogens (primary N) is 1. The fourth-order valence-corrected chi connectivity index (χ4v) is 3.42. The number of carbonyl (C=O) groups excluding carboxylic acids is 1. The Balaban J connectivity index is 0.00000256. The van der Waals surface area contributed by atoms with Crippen LogP contribution in [0.3, 0.4) is 0 Å². The topological polar surface area (TPSA) is 107 Å². The van der Waals surface area contributed by atoms with Crippen LogP contribution < -0.4 is 11.3 Å². The molecule has 0 aliphatic rings. The molecule has 0 fully saturated rings. The third-order valence-electron chi connectivity index (χ3n) is 4.59. The molecule has 3 N–H and O–H groups in total. The van der Waals surface area contributed by atoms with Gasteiger partial charge < -0.3 is 5.73 Å². The average Bonchev–Trinajstić information content (AvgIpc) is 3.14. The van der Waals surface area contributed by atoms with E-state index < -0.39 is 24.2 Å². The number of rotatable bonds is 4. The van der Waals surface area contributed by atoms with E-state index in [0.29, 0.717) is 32.2 Å². The van der Waals surface area contributed by atoms with Crippen LogP contribution in [0.1, 0.15) is 5.56 Å². The number of aromatic amines is 1. The lowest BCUT2D eigenvalue weighted by Gasteiger charge is -2.15. The maximum Gasteiger partial charge on any atom is 0.406 e. The van der Waals surface area contributed by atoms with E-state index >= 15 is 0 Å². The van der Waals surface area contributed by atoms with Crippen LogP contribution >= 0.6 is 12.4 Å². The zero-order valence-corrected chi connectivity index (χ0v) is 16.0. The zero-order valence-electron chi connectivity index (χ0n) is 15.2. The summed E-state index contributed by atoms with van der Waals surface area (Å²) in [6.07, 6.45) is -0.462. The van der Waals surface area contributed by atoms with Crippen molar-refractivity contribution in [2.24, 2.45) is 5.73 Å². The number of halogens is 4. The summed E-state index contributed by atoms with van der Waals surface area (Å²) in [6.45, 7) is -1.43. The number of benzene rings is 1. The third kappa shape index (κ3) is 3.86. The molecule has 11 heteroatoms. The number of carbonyl (C=O) groups is 1. The van der Waals surface area contributed by atoms with Crippen molar-refractivity contribution < 1.29 is 18.0 Å². The number of pyridine rings is 2. The van der Waals surface area contributed by atoms with Gasteiger partial charge in [-0.3, -0.25) is 24.2 Å². The molecule has 0 aliphatic heterocycles. The summed E-state index contributed by atoms with van der Waals surface area (Å²) >= 11 is 0. The summed E-state index contributed by atoms with van der Waals surface area (Å²) in [6, 6.07) is 6.44. The van der Waals surface area contributed by atoms with Crippen molar-refractivity contribution in [1.82, 2.24) is 19.7 Å². The zero-order chi connectivity index (χ0) is 20.8. The van der Waals surface area contributed by atoms with E-state index in [-0.39, 0.29) is 29.7 Å². The third-order valence-corrected chi connectivity index (χ3v) is 4.59. The van der Waals surface area contributed by atoms with Gasteiger partial charge in [-0.1, -0.05) is 12.1 Å². The summed E-state index contributed by atoms with van der Waals surface area (Å²) in [4.78, 5) is 28.0. The monoisotopic (exact) mass is 437 g/mol. The second-order valence-electron chi connectivity index (χ2n) is 6.57. The highest BCUT2D eigenvalue weighted by molar-refractivity contribution is 6.04. The molecule has 0 saturated heterocycles. The van der Waals surface area contributed by atoms with Crippen LogP contribution in [0.2, 0.25) is 0 Å². The predicted molar refractivity (Wildman–Crippen MR) is 107 cm³/mol. The van der Waals surface area contributed by atoms with Crippen LogP contribution in [0.25, 0.3) is 32.9 Å². The van der Waals surface area contributed by atoms with Crippen LogP contribution in [0, 0.1) is 0 Å². The van der Waals surface area contributed by atoms with Crippen LogP contribution in [0.4, 0.5) is 13.2 Å². The Labute approximate surface area is 173 Å². The number of fused-ring (bicyclic) bond motifs is 3. The second-order valence-corrected chi connectivity index (χ2v) is 6.57. The minimum absolute atomic E-state index is 0. The van der Waals surface area contributed by atoms with Gasteiger partial charge in [-0.25, -0.2) is 0 Å². The standard InChI is InChI=1S/C19H14F3N5O2.ClH/c20-19(21,22)9-27-15-5-10(12-3-4-24-7-11(12)6-16(23)28)1-2-13(15)17-14(18(27)29)8-25-26-17;/h1-5,7-8H,6,9H2,(H2,23,28)(H,25,26);1H. The Morgan fingerprint density at radius 3 is 2.63 bits per heavy atom. The number of amides is 1. The van der Waals surface area contributed by atoms with Gasteiger partial charge in [0.2, 0.25) is 5.91 Å². The van der Waals surface area contributed by atoms with E-state index in [9.17, 15) is 22.8 Å². The number of nitrogens with zero attached hydrogens (tertiary/aromatic N) is 3. The Morgan fingerprint density at radius 2 is 1.93 bits per heavy atom. The van der Waals surface area contributed by atoms with Crippen molar-refractivity contribution in [2.75, 3.05) is 0 Å². The summed E-state index contributed by atoms with van der Waals surface area (Å²) in [7, 11) is 0. The molecule has 0 bridgehead atoms. The van der Waals surface area contributed by atoms with E-state index in [0.717, 1.165) is 0 Å². The number of aromatic nitrogens is 4. The Bertz CT molecular complexity index is 1310. The fraction of sp³-hybridized carbons (Fsp3) is 0.158. The molecule has 30 heavy (non-hydrogen) atoms. The molecule has 3 heterocycles. The number of hydrogen-bond acceptors (Lipinski definition) is 4. The maximum atomic E-state index is 13.2. The molecule has 0 radical (unpaired) electrons. The first kappa shape index (κ1) is 21.3. The maximum absolute atomic E-state index is 13.2. The van der Waals surface area contributed by atoms with E-state index in [4.69, 9.17) is 5.73 Å². The van der Waals surface area contributed by atoms with Crippen LogP contribution in [0.15, 0.2) is 47.7 Å². The molecular formula is C19H15ClF3N5O2. The average molecular weight is 438 g/mol. The van der Waals surface area contributed by atoms with Gasteiger partial charge >= 0.3 is 6.18 Å². The largest absolute Gasteiger partial charge is 0.406 e. The molecule has 1 aromatic carbocycles. The first-order valence-corrected chi connectivity index (χ1v) is 8.52. The first-order valence-electron chi connectivity index (χ1n) is 8.52. The fourth-order valence-electron chi connectivity index (χ4n) is 3.42. The molecular weight excluding hydrogens is 423 g/mol. The molecule has 0 spiro atoms. The van der Waals surface area contributed by atoms with Gasteiger partial charge in [-0.15, -0.1) is 12.4 Å². The van der Waals surface area contributed by atoms with Gasteiger partial charge in [-0.2, -0.15) is 18.3 Å². The van der Waals surface area contributed by atoms with Crippen molar-refractivity contribution in [3.63, 3.8) is 0 Å². The summed E-state index contributed by atoms with van der Waals surface area (Å²) < 4.78 is 40.2. The minimum Gasteiger partial charge on any atom is -0.369 e. The molecule has 0 aliphatic carbocycles. The number of H-pyrrole nitrogens is 1. The summed E-state index contributed by atoms with van der Waals surface area (Å²) in [5.41, 5.74) is 6.61. The van der Waals surface area contributed by atoms with E-state index in [2.05, 4.69) is 15.2 Å². The summed E-state index contributed by atoms with van der Waals surface area (Å²) in [5.74, 6) is -0.562. The quantitative estimate of drug-likeness (QED) is 0.512. The van der Waals surface area contributed by atoms with Crippen molar-refractivity contribution in [1.29, 1.82) is 0 Å². The minimum atomic E-state index is -4.59. The molecule has 1 amide bonds. The molecule has 4 aromatic rings. The molecule has 0 atom stereocenters. The molecule has 0 saturated carbocycles. The van der Waals surface area contributed by atoms with E-state index in [1.807, 2.05) is 0 Å². The van der Waals surface area contributed by atoms with E-state index in [1.54, 1.807) is 18.2 Å². The molecule has 4 rings (SSSR count). The van der Waals surface area contributed by atoms with Crippen LogP contribution in [-0.2, 0) is 17.8 Å². The number of alkyl halides is 3. The van der Waals surface area contributed by atoms with Crippen LogP contribution in [0.5, 0.6) is 0 Å². The Morgan fingerprint density at radius 1 is 1.17 bits per heavy atom. The van der Waals surface area contributed by atoms with Gasteiger partial charge in [-0.05, 0) is 28.8 Å². The Kier molecular flexibility index (Phi) is 5.53. The van der Waals surface area contributed by atoms with Crippen molar-refractivity contribution in [3.8, 4) is 11.1 Å². The molecule has 0 unspecified atom stereocenters. The van der Waals surface area contributed by atoms with Gasteiger partial charge in [0.1, 0.15) is 6.54 Å².